The molecule has 0 saturated carbocycles. The fourth-order valence-electron chi connectivity index (χ4n) is 1.32. The Morgan fingerprint density at radius 1 is 1.33 bits per heavy atom. The molecule has 0 aliphatic rings. The molecule has 0 unspecified atom stereocenters. The van der Waals surface area contributed by atoms with Gasteiger partial charge in [-0.1, -0.05) is 0 Å². The molecular weight excluding hydrogens is 196 g/mol. The molecule has 1 heterocycles. The van der Waals surface area contributed by atoms with Gasteiger partial charge in [0.05, 0.1) is 17.6 Å². The Morgan fingerprint density at radius 3 is 2.80 bits per heavy atom. The van der Waals surface area contributed by atoms with Gasteiger partial charge in [0, 0.05) is 5.69 Å². The molecule has 2 rings (SSSR count). The van der Waals surface area contributed by atoms with Gasteiger partial charge in [0.25, 0.3) is 0 Å². The largest absolute Gasteiger partial charge is 0.325 e. The van der Waals surface area contributed by atoms with Gasteiger partial charge in [-0.2, -0.15) is 0 Å². The number of H-pyrrole nitrogens is 2. The zero-order valence-corrected chi connectivity index (χ0v) is 7.83. The first kappa shape index (κ1) is 9.47. The highest BCUT2D eigenvalue weighted by atomic mass is 16.2. The standard InChI is InChI=1S/C9H10N4O2/c10-4-8(14)11-5-1-2-6-7(3-5)13-9(15)12-6/h1-3H,4,10H2,(H,11,14)(H2,12,13,15). The summed E-state index contributed by atoms with van der Waals surface area (Å²) in [7, 11) is 0. The van der Waals surface area contributed by atoms with E-state index in [9.17, 15) is 9.59 Å². The number of aromatic amines is 2. The Hall–Kier alpha value is -2.08. The number of benzene rings is 1. The van der Waals surface area contributed by atoms with E-state index in [1.807, 2.05) is 0 Å². The summed E-state index contributed by atoms with van der Waals surface area (Å²) in [6.07, 6.45) is 0. The number of fused-ring (bicyclic) bond motifs is 1. The minimum atomic E-state index is -0.271. The highest BCUT2D eigenvalue weighted by molar-refractivity contribution is 5.94. The molecule has 78 valence electrons. The van der Waals surface area contributed by atoms with Gasteiger partial charge in [0.1, 0.15) is 0 Å². The van der Waals surface area contributed by atoms with E-state index in [0.717, 1.165) is 0 Å². The molecule has 6 nitrogen and oxygen atoms in total. The maximum Gasteiger partial charge on any atom is 0.323 e. The van der Waals surface area contributed by atoms with Crippen LogP contribution >= 0.6 is 0 Å². The average molecular weight is 206 g/mol. The quantitative estimate of drug-likeness (QED) is 0.544. The van der Waals surface area contributed by atoms with Crippen LogP contribution < -0.4 is 16.7 Å². The molecule has 0 fully saturated rings. The Labute approximate surface area is 84.5 Å². The number of carbonyl (C=O) groups is 1. The number of aromatic nitrogens is 2. The highest BCUT2D eigenvalue weighted by Crippen LogP contribution is 2.13. The summed E-state index contributed by atoms with van der Waals surface area (Å²) in [5.41, 5.74) is 6.84. The second-order valence-corrected chi connectivity index (χ2v) is 3.09. The molecule has 0 bridgehead atoms. The second-order valence-electron chi connectivity index (χ2n) is 3.09. The Kier molecular flexibility index (Phi) is 2.26. The number of hydrogen-bond acceptors (Lipinski definition) is 3. The maximum absolute atomic E-state index is 11.0. The molecule has 0 aliphatic heterocycles. The molecule has 1 aromatic heterocycles. The Balaban J connectivity index is 2.38. The van der Waals surface area contributed by atoms with Gasteiger partial charge in [0.15, 0.2) is 0 Å². The number of carbonyl (C=O) groups excluding carboxylic acids is 1. The van der Waals surface area contributed by atoms with Gasteiger partial charge >= 0.3 is 5.69 Å². The molecular formula is C9H10N4O2. The molecule has 1 aromatic carbocycles. The van der Waals surface area contributed by atoms with Crippen molar-refractivity contribution in [3.63, 3.8) is 0 Å². The van der Waals surface area contributed by atoms with Gasteiger partial charge in [-0.25, -0.2) is 4.79 Å². The van der Waals surface area contributed by atoms with E-state index >= 15 is 0 Å². The van der Waals surface area contributed by atoms with Crippen LogP contribution in [0.3, 0.4) is 0 Å². The number of imidazole rings is 1. The maximum atomic E-state index is 11.0. The first-order valence-electron chi connectivity index (χ1n) is 4.41. The lowest BCUT2D eigenvalue weighted by atomic mass is 10.3. The van der Waals surface area contributed by atoms with Crippen molar-refractivity contribution < 1.29 is 4.79 Å². The highest BCUT2D eigenvalue weighted by Gasteiger charge is 2.02. The molecule has 1 amide bonds. The van der Waals surface area contributed by atoms with Gasteiger partial charge < -0.3 is 21.0 Å². The topological polar surface area (TPSA) is 104 Å². The normalized spacial score (nSPS) is 10.5. The predicted octanol–water partition coefficient (Wildman–Crippen LogP) is -0.247. The second kappa shape index (κ2) is 3.58. The van der Waals surface area contributed by atoms with Crippen molar-refractivity contribution in [1.82, 2.24) is 9.97 Å². The van der Waals surface area contributed by atoms with Crippen molar-refractivity contribution in [2.24, 2.45) is 5.73 Å². The summed E-state index contributed by atoms with van der Waals surface area (Å²) in [5.74, 6) is -0.271. The van der Waals surface area contributed by atoms with E-state index in [1.54, 1.807) is 18.2 Å². The molecule has 5 N–H and O–H groups in total. The van der Waals surface area contributed by atoms with Crippen LogP contribution in [-0.4, -0.2) is 22.4 Å². The minimum absolute atomic E-state index is 0.0678. The summed E-state index contributed by atoms with van der Waals surface area (Å²) in [5, 5.41) is 2.59. The van der Waals surface area contributed by atoms with Crippen LogP contribution in [-0.2, 0) is 4.79 Å². The smallest absolute Gasteiger partial charge is 0.323 e. The molecule has 0 aliphatic carbocycles. The number of nitrogens with two attached hydrogens (primary N) is 1. The first-order valence-corrected chi connectivity index (χ1v) is 4.41. The number of amides is 1. The van der Waals surface area contributed by atoms with Crippen molar-refractivity contribution in [3.8, 4) is 0 Å². The third-order valence-corrected chi connectivity index (χ3v) is 1.99. The number of rotatable bonds is 2. The molecule has 0 saturated heterocycles. The lowest BCUT2D eigenvalue weighted by Gasteiger charge is -2.02. The van der Waals surface area contributed by atoms with Crippen LogP contribution in [0, 0.1) is 0 Å². The molecule has 6 heteroatoms. The van der Waals surface area contributed by atoms with E-state index in [4.69, 9.17) is 5.73 Å². The fraction of sp³-hybridized carbons (Fsp3) is 0.111. The van der Waals surface area contributed by atoms with Crippen molar-refractivity contribution >= 4 is 22.6 Å². The lowest BCUT2D eigenvalue weighted by Crippen LogP contribution is -2.21. The van der Waals surface area contributed by atoms with Gasteiger partial charge in [-0.15, -0.1) is 0 Å². The van der Waals surface area contributed by atoms with Crippen molar-refractivity contribution in [2.45, 2.75) is 0 Å². The molecule has 0 radical (unpaired) electrons. The van der Waals surface area contributed by atoms with Crippen molar-refractivity contribution in [2.75, 3.05) is 11.9 Å². The van der Waals surface area contributed by atoms with Crippen molar-refractivity contribution in [3.05, 3.63) is 28.7 Å². The SMILES string of the molecule is NCC(=O)Nc1ccc2[nH]c(=O)[nH]c2c1. The zero-order valence-electron chi connectivity index (χ0n) is 7.83. The average Bonchev–Trinajstić information content (AvgIpc) is 2.57. The third kappa shape index (κ3) is 1.89. The Morgan fingerprint density at radius 2 is 2.07 bits per heavy atom. The van der Waals surface area contributed by atoms with Crippen LogP contribution in [0.2, 0.25) is 0 Å². The molecule has 15 heavy (non-hydrogen) atoms. The summed E-state index contributed by atoms with van der Waals surface area (Å²) >= 11 is 0. The molecule has 0 spiro atoms. The first-order chi connectivity index (χ1) is 7.19. The van der Waals surface area contributed by atoms with E-state index in [-0.39, 0.29) is 18.1 Å². The van der Waals surface area contributed by atoms with Crippen LogP contribution in [0.4, 0.5) is 5.69 Å². The third-order valence-electron chi connectivity index (χ3n) is 1.99. The summed E-state index contributed by atoms with van der Waals surface area (Å²) < 4.78 is 0. The summed E-state index contributed by atoms with van der Waals surface area (Å²) in [6, 6.07) is 5.07. The fourth-order valence-corrected chi connectivity index (χ4v) is 1.32. The predicted molar refractivity (Wildman–Crippen MR) is 56.6 cm³/mol. The van der Waals surface area contributed by atoms with Crippen LogP contribution in [0.5, 0.6) is 0 Å². The van der Waals surface area contributed by atoms with Crippen LogP contribution in [0.15, 0.2) is 23.0 Å². The summed E-state index contributed by atoms with van der Waals surface area (Å²) in [4.78, 5) is 27.2. The van der Waals surface area contributed by atoms with E-state index < -0.39 is 0 Å². The van der Waals surface area contributed by atoms with Gasteiger partial charge in [-0.3, -0.25) is 4.79 Å². The monoisotopic (exact) mass is 206 g/mol. The zero-order chi connectivity index (χ0) is 10.8. The molecule has 2 aromatic rings. The van der Waals surface area contributed by atoms with Gasteiger partial charge in [0.2, 0.25) is 5.91 Å². The number of nitrogens with one attached hydrogen (secondary N) is 3. The number of hydrogen-bond donors (Lipinski definition) is 4. The Bertz CT molecular complexity index is 554. The van der Waals surface area contributed by atoms with Crippen LogP contribution in [0.1, 0.15) is 0 Å². The van der Waals surface area contributed by atoms with Crippen LogP contribution in [0.25, 0.3) is 11.0 Å². The molecule has 0 atom stereocenters. The number of anilines is 1. The lowest BCUT2D eigenvalue weighted by molar-refractivity contribution is -0.114. The van der Waals surface area contributed by atoms with E-state index in [1.165, 1.54) is 0 Å². The van der Waals surface area contributed by atoms with Gasteiger partial charge in [-0.05, 0) is 18.2 Å². The minimum Gasteiger partial charge on any atom is -0.325 e. The van der Waals surface area contributed by atoms with Crippen molar-refractivity contribution in [1.29, 1.82) is 0 Å². The van der Waals surface area contributed by atoms with E-state index in [0.29, 0.717) is 16.7 Å². The van der Waals surface area contributed by atoms with E-state index in [2.05, 4.69) is 15.3 Å². The summed E-state index contributed by atoms with van der Waals surface area (Å²) in [6.45, 7) is -0.0678.